The Bertz CT molecular complexity index is 724. The van der Waals surface area contributed by atoms with E-state index in [0.29, 0.717) is 5.02 Å². The molecule has 0 spiro atoms. The van der Waals surface area contributed by atoms with E-state index in [1.54, 1.807) is 0 Å². The van der Waals surface area contributed by atoms with Gasteiger partial charge < -0.3 is 10.2 Å². The van der Waals surface area contributed by atoms with Crippen molar-refractivity contribution in [3.05, 3.63) is 46.6 Å². The third-order valence-electron chi connectivity index (χ3n) is 4.50. The molecule has 1 aromatic carbocycles. The van der Waals surface area contributed by atoms with Crippen LogP contribution >= 0.6 is 11.6 Å². The Morgan fingerprint density at radius 2 is 1.92 bits per heavy atom. The number of piperidine rings is 1. The van der Waals surface area contributed by atoms with Crippen molar-refractivity contribution in [1.82, 2.24) is 10.2 Å². The number of carbonyl (C=O) groups excluding carboxylic acids is 1. The number of aromatic nitrogens is 2. The molecule has 1 fully saturated rings. The van der Waals surface area contributed by atoms with Gasteiger partial charge in [-0.1, -0.05) is 17.7 Å². The minimum Gasteiger partial charge on any atom is -0.355 e. The number of amides is 1. The van der Waals surface area contributed by atoms with E-state index < -0.39 is 0 Å². The molecule has 1 aromatic heterocycles. The van der Waals surface area contributed by atoms with E-state index in [-0.39, 0.29) is 11.8 Å². The van der Waals surface area contributed by atoms with Crippen molar-refractivity contribution in [3.63, 3.8) is 0 Å². The highest BCUT2D eigenvalue weighted by atomic mass is 35.5. The Kier molecular flexibility index (Phi) is 5.00. The van der Waals surface area contributed by atoms with Crippen molar-refractivity contribution < 1.29 is 4.79 Å². The Hall–Kier alpha value is -2.14. The second kappa shape index (κ2) is 7.18. The van der Waals surface area contributed by atoms with Crippen LogP contribution in [0.15, 0.2) is 30.3 Å². The van der Waals surface area contributed by atoms with Crippen molar-refractivity contribution in [1.29, 1.82) is 0 Å². The van der Waals surface area contributed by atoms with Crippen LogP contribution in [0.1, 0.15) is 24.1 Å². The lowest BCUT2D eigenvalue weighted by Gasteiger charge is -2.31. The molecule has 1 aliphatic heterocycles. The number of benzene rings is 1. The lowest BCUT2D eigenvalue weighted by molar-refractivity contribution is -0.120. The number of nitrogens with zero attached hydrogens (tertiary/aromatic N) is 3. The Labute approximate surface area is 147 Å². The average molecular weight is 345 g/mol. The minimum absolute atomic E-state index is 0.0121. The lowest BCUT2D eigenvalue weighted by Crippen LogP contribution is -2.38. The highest BCUT2D eigenvalue weighted by Crippen LogP contribution is 2.26. The molecule has 3 rings (SSSR count). The normalized spacial score (nSPS) is 15.4. The van der Waals surface area contributed by atoms with Gasteiger partial charge in [-0.3, -0.25) is 4.79 Å². The summed E-state index contributed by atoms with van der Waals surface area (Å²) in [4.78, 5) is 14.7. The van der Waals surface area contributed by atoms with Gasteiger partial charge in [-0.25, -0.2) is 0 Å². The molecule has 5 nitrogen and oxygen atoms in total. The molecule has 6 heteroatoms. The molecule has 0 aliphatic carbocycles. The van der Waals surface area contributed by atoms with E-state index in [2.05, 4.69) is 20.4 Å². The van der Waals surface area contributed by atoms with Crippen molar-refractivity contribution in [2.45, 2.75) is 26.7 Å². The molecule has 0 saturated carbocycles. The van der Waals surface area contributed by atoms with Crippen LogP contribution in [-0.2, 0) is 4.79 Å². The molecular formula is C18H21ClN4O. The van der Waals surface area contributed by atoms with Crippen molar-refractivity contribution in [2.24, 2.45) is 5.92 Å². The molecule has 2 heterocycles. The van der Waals surface area contributed by atoms with E-state index in [9.17, 15) is 4.79 Å². The van der Waals surface area contributed by atoms with Gasteiger partial charge in [-0.15, -0.1) is 5.10 Å². The zero-order valence-electron chi connectivity index (χ0n) is 13.9. The zero-order valence-corrected chi connectivity index (χ0v) is 14.7. The van der Waals surface area contributed by atoms with Crippen LogP contribution in [0, 0.1) is 19.8 Å². The van der Waals surface area contributed by atoms with Gasteiger partial charge in [0.2, 0.25) is 5.91 Å². The molecule has 1 amide bonds. The molecule has 0 bridgehead atoms. The van der Waals surface area contributed by atoms with E-state index in [4.69, 9.17) is 11.6 Å². The van der Waals surface area contributed by atoms with Gasteiger partial charge in [0.15, 0.2) is 5.82 Å². The van der Waals surface area contributed by atoms with E-state index in [1.165, 1.54) is 0 Å². The summed E-state index contributed by atoms with van der Waals surface area (Å²) >= 11 is 6.11. The van der Waals surface area contributed by atoms with Crippen LogP contribution in [0.5, 0.6) is 0 Å². The van der Waals surface area contributed by atoms with E-state index in [0.717, 1.165) is 48.7 Å². The highest BCUT2D eigenvalue weighted by molar-refractivity contribution is 6.31. The number of hydrogen-bond donors (Lipinski definition) is 1. The van der Waals surface area contributed by atoms with Gasteiger partial charge in [-0.2, -0.15) is 5.10 Å². The van der Waals surface area contributed by atoms with Crippen LogP contribution in [0.3, 0.4) is 0 Å². The zero-order chi connectivity index (χ0) is 17.1. The first kappa shape index (κ1) is 16.7. The van der Waals surface area contributed by atoms with Gasteiger partial charge in [0.1, 0.15) is 0 Å². The van der Waals surface area contributed by atoms with Gasteiger partial charge in [0.05, 0.1) is 5.69 Å². The van der Waals surface area contributed by atoms with Gasteiger partial charge >= 0.3 is 0 Å². The summed E-state index contributed by atoms with van der Waals surface area (Å²) in [6.45, 7) is 5.45. The summed E-state index contributed by atoms with van der Waals surface area (Å²) in [6.07, 6.45) is 1.61. The van der Waals surface area contributed by atoms with Crippen LogP contribution < -0.4 is 10.2 Å². The SMILES string of the molecule is Cc1ccc(N2CCC(C(=O)Nc3cccc(Cl)c3C)CC2)nn1. The number of nitrogens with one attached hydrogen (secondary N) is 1. The Morgan fingerprint density at radius 3 is 2.58 bits per heavy atom. The number of aryl methyl sites for hydroxylation is 1. The number of anilines is 2. The summed E-state index contributed by atoms with van der Waals surface area (Å²) in [5, 5.41) is 12.0. The largest absolute Gasteiger partial charge is 0.355 e. The van der Waals surface area contributed by atoms with Gasteiger partial charge in [0, 0.05) is 29.7 Å². The quantitative estimate of drug-likeness (QED) is 0.924. The van der Waals surface area contributed by atoms with Crippen LogP contribution in [-0.4, -0.2) is 29.2 Å². The van der Waals surface area contributed by atoms with Crippen molar-refractivity contribution in [3.8, 4) is 0 Å². The predicted molar refractivity (Wildman–Crippen MR) is 96.5 cm³/mol. The maximum Gasteiger partial charge on any atom is 0.227 e. The Morgan fingerprint density at radius 1 is 1.17 bits per heavy atom. The topological polar surface area (TPSA) is 58.1 Å². The standard InChI is InChI=1S/C18H21ClN4O/c1-12-6-7-17(22-21-12)23-10-8-14(9-11-23)18(24)20-16-5-3-4-15(19)13(16)2/h3-7,14H,8-11H2,1-2H3,(H,20,24). The average Bonchev–Trinajstić information content (AvgIpc) is 2.60. The monoisotopic (exact) mass is 344 g/mol. The molecule has 0 radical (unpaired) electrons. The number of hydrogen-bond acceptors (Lipinski definition) is 4. The summed E-state index contributed by atoms with van der Waals surface area (Å²) in [7, 11) is 0. The highest BCUT2D eigenvalue weighted by Gasteiger charge is 2.26. The molecule has 2 aromatic rings. The summed E-state index contributed by atoms with van der Waals surface area (Å²) in [6, 6.07) is 9.51. The molecule has 1 aliphatic rings. The maximum absolute atomic E-state index is 12.5. The first-order chi connectivity index (χ1) is 11.5. The molecule has 0 unspecified atom stereocenters. The van der Waals surface area contributed by atoms with Crippen LogP contribution in [0.25, 0.3) is 0 Å². The second-order valence-corrected chi connectivity index (χ2v) is 6.60. The van der Waals surface area contributed by atoms with Crippen LogP contribution in [0.4, 0.5) is 11.5 Å². The summed E-state index contributed by atoms with van der Waals surface area (Å²) < 4.78 is 0. The van der Waals surface area contributed by atoms with E-state index in [1.807, 2.05) is 44.2 Å². The van der Waals surface area contributed by atoms with Gasteiger partial charge in [0.25, 0.3) is 0 Å². The minimum atomic E-state index is 0.0121. The second-order valence-electron chi connectivity index (χ2n) is 6.20. The maximum atomic E-state index is 12.5. The predicted octanol–water partition coefficient (Wildman–Crippen LogP) is 3.60. The fourth-order valence-electron chi connectivity index (χ4n) is 2.91. The third kappa shape index (κ3) is 3.67. The number of halogens is 1. The molecular weight excluding hydrogens is 324 g/mol. The fraction of sp³-hybridized carbons (Fsp3) is 0.389. The van der Waals surface area contributed by atoms with E-state index >= 15 is 0 Å². The first-order valence-electron chi connectivity index (χ1n) is 8.16. The van der Waals surface area contributed by atoms with Gasteiger partial charge in [-0.05, 0) is 56.5 Å². The molecule has 126 valence electrons. The molecule has 1 saturated heterocycles. The molecule has 1 N–H and O–H groups in total. The smallest absolute Gasteiger partial charge is 0.227 e. The summed E-state index contributed by atoms with van der Waals surface area (Å²) in [5.41, 5.74) is 2.60. The fourth-order valence-corrected chi connectivity index (χ4v) is 3.08. The lowest BCUT2D eigenvalue weighted by atomic mass is 9.95. The number of rotatable bonds is 3. The Balaban J connectivity index is 1.59. The third-order valence-corrected chi connectivity index (χ3v) is 4.91. The van der Waals surface area contributed by atoms with Crippen molar-refractivity contribution >= 4 is 29.0 Å². The van der Waals surface area contributed by atoms with Crippen molar-refractivity contribution in [2.75, 3.05) is 23.3 Å². The number of carbonyl (C=O) groups is 1. The molecule has 24 heavy (non-hydrogen) atoms. The summed E-state index contributed by atoms with van der Waals surface area (Å²) in [5.74, 6) is 0.957. The van der Waals surface area contributed by atoms with Crippen LogP contribution in [0.2, 0.25) is 5.02 Å². The molecule has 0 atom stereocenters. The first-order valence-corrected chi connectivity index (χ1v) is 8.53.